The molecule has 0 spiro atoms. The van der Waals surface area contributed by atoms with Crippen LogP contribution in [0.4, 0.5) is 4.39 Å². The van der Waals surface area contributed by atoms with Crippen molar-refractivity contribution in [2.24, 2.45) is 4.99 Å². The lowest BCUT2D eigenvalue weighted by Gasteiger charge is -2.13. The second-order valence-corrected chi connectivity index (χ2v) is 9.16. The zero-order valence-corrected chi connectivity index (χ0v) is 18.6. The molecule has 0 amide bonds. The van der Waals surface area contributed by atoms with Crippen molar-refractivity contribution >= 4 is 15.8 Å². The van der Waals surface area contributed by atoms with Gasteiger partial charge < -0.3 is 15.2 Å². The molecule has 0 bridgehead atoms. The lowest BCUT2D eigenvalue weighted by Crippen LogP contribution is -2.37. The van der Waals surface area contributed by atoms with Crippen LogP contribution in [0.1, 0.15) is 17.0 Å². The van der Waals surface area contributed by atoms with Crippen molar-refractivity contribution in [1.82, 2.24) is 20.2 Å². The van der Waals surface area contributed by atoms with Crippen molar-refractivity contribution < 1.29 is 12.8 Å². The molecule has 164 valence electrons. The molecule has 2 aromatic carbocycles. The third-order valence-corrected chi connectivity index (χ3v) is 5.97. The largest absolute Gasteiger partial charge is 0.356 e. The van der Waals surface area contributed by atoms with Crippen molar-refractivity contribution in [3.8, 4) is 5.69 Å². The molecule has 0 saturated heterocycles. The second-order valence-electron chi connectivity index (χ2n) is 7.15. The first-order valence-corrected chi connectivity index (χ1v) is 11.7. The van der Waals surface area contributed by atoms with Gasteiger partial charge in [0, 0.05) is 38.8 Å². The lowest BCUT2D eigenvalue weighted by atomic mass is 10.1. The number of sulfone groups is 1. The van der Waals surface area contributed by atoms with Gasteiger partial charge in [0.1, 0.15) is 11.6 Å². The lowest BCUT2D eigenvalue weighted by molar-refractivity contribution is 0.602. The van der Waals surface area contributed by atoms with Crippen LogP contribution >= 0.6 is 0 Å². The predicted molar refractivity (Wildman–Crippen MR) is 120 cm³/mol. The Morgan fingerprint density at radius 1 is 1.13 bits per heavy atom. The van der Waals surface area contributed by atoms with E-state index in [0.29, 0.717) is 36.1 Å². The van der Waals surface area contributed by atoms with Crippen LogP contribution in [0.2, 0.25) is 0 Å². The van der Waals surface area contributed by atoms with Gasteiger partial charge in [0.2, 0.25) is 0 Å². The summed E-state index contributed by atoms with van der Waals surface area (Å²) in [5.74, 6) is 1.00. The summed E-state index contributed by atoms with van der Waals surface area (Å²) in [6, 6.07) is 11.9. The quantitative estimate of drug-likeness (QED) is 0.433. The highest BCUT2D eigenvalue weighted by molar-refractivity contribution is 7.90. The summed E-state index contributed by atoms with van der Waals surface area (Å²) in [5.41, 5.74) is 2.27. The number of halogens is 1. The fraction of sp³-hybridized carbons (Fsp3) is 0.273. The topological polar surface area (TPSA) is 88.4 Å². The number of guanidine groups is 1. The molecule has 0 aliphatic rings. The summed E-state index contributed by atoms with van der Waals surface area (Å²) in [7, 11) is -1.52. The molecule has 0 atom stereocenters. The van der Waals surface area contributed by atoms with Crippen molar-refractivity contribution in [2.45, 2.75) is 24.8 Å². The Morgan fingerprint density at radius 2 is 1.84 bits per heavy atom. The molecule has 0 saturated carbocycles. The summed E-state index contributed by atoms with van der Waals surface area (Å²) in [4.78, 5) is 8.62. The van der Waals surface area contributed by atoms with Crippen LogP contribution in [0.25, 0.3) is 5.69 Å². The number of aliphatic imine (C=N–C) groups is 1. The van der Waals surface area contributed by atoms with E-state index in [1.165, 1.54) is 12.3 Å². The molecular formula is C22H26FN5O2S. The number of nitrogens with one attached hydrogen (secondary N) is 2. The highest BCUT2D eigenvalue weighted by Crippen LogP contribution is 2.16. The normalized spacial score (nSPS) is 12.1. The van der Waals surface area contributed by atoms with E-state index in [4.69, 9.17) is 0 Å². The average molecular weight is 444 g/mol. The van der Waals surface area contributed by atoms with Gasteiger partial charge in [-0.2, -0.15) is 0 Å². The Bertz CT molecular complexity index is 1170. The Kier molecular flexibility index (Phi) is 7.06. The molecule has 0 fully saturated rings. The zero-order valence-electron chi connectivity index (χ0n) is 17.8. The van der Waals surface area contributed by atoms with E-state index < -0.39 is 9.84 Å². The third-order valence-electron chi connectivity index (χ3n) is 4.84. The third kappa shape index (κ3) is 5.91. The summed E-state index contributed by atoms with van der Waals surface area (Å²) in [6.45, 7) is 2.86. The minimum Gasteiger partial charge on any atom is -0.356 e. The number of imidazole rings is 1. The van der Waals surface area contributed by atoms with Gasteiger partial charge in [-0.25, -0.2) is 17.8 Å². The summed E-state index contributed by atoms with van der Waals surface area (Å²) in [6.07, 6.45) is 5.27. The smallest absolute Gasteiger partial charge is 0.191 e. The van der Waals surface area contributed by atoms with Crippen LogP contribution in [0.5, 0.6) is 0 Å². The summed E-state index contributed by atoms with van der Waals surface area (Å²) >= 11 is 0. The fourth-order valence-corrected chi connectivity index (χ4v) is 3.75. The molecule has 0 unspecified atom stereocenters. The first-order chi connectivity index (χ1) is 14.8. The van der Waals surface area contributed by atoms with E-state index in [9.17, 15) is 12.8 Å². The Hall–Kier alpha value is -3.20. The number of aryl methyl sites for hydroxylation is 1. The number of hydrogen-bond acceptors (Lipinski definition) is 4. The molecule has 7 nitrogen and oxygen atoms in total. The minimum atomic E-state index is -3.19. The maximum absolute atomic E-state index is 14.5. The van der Waals surface area contributed by atoms with Gasteiger partial charge in [-0.1, -0.05) is 18.2 Å². The van der Waals surface area contributed by atoms with E-state index in [1.807, 2.05) is 13.0 Å². The van der Waals surface area contributed by atoms with Crippen LogP contribution in [-0.4, -0.2) is 43.8 Å². The van der Waals surface area contributed by atoms with E-state index in [1.54, 1.807) is 54.3 Å². The van der Waals surface area contributed by atoms with Gasteiger partial charge in [-0.05, 0) is 48.7 Å². The molecule has 3 aromatic rings. The molecule has 1 heterocycles. The maximum atomic E-state index is 14.5. The molecule has 0 radical (unpaired) electrons. The fourth-order valence-electron chi connectivity index (χ4n) is 3.12. The van der Waals surface area contributed by atoms with E-state index in [-0.39, 0.29) is 5.82 Å². The van der Waals surface area contributed by atoms with Crippen LogP contribution < -0.4 is 10.6 Å². The standard InChI is InChI=1S/C22H26FN5O2S/c1-16-25-12-13-28(16)21-9-6-18(14-20(21)23)15-27-22(24-2)26-11-10-17-4-7-19(8-5-17)31(3,29)30/h4-9,12-14H,10-11,15H2,1-3H3,(H2,24,26,27). The Labute approximate surface area is 182 Å². The number of hydrogen-bond donors (Lipinski definition) is 2. The monoisotopic (exact) mass is 443 g/mol. The van der Waals surface area contributed by atoms with E-state index in [0.717, 1.165) is 17.0 Å². The van der Waals surface area contributed by atoms with Gasteiger partial charge in [0.25, 0.3) is 0 Å². The molecule has 0 aliphatic heterocycles. The van der Waals surface area contributed by atoms with Gasteiger partial charge in [0.15, 0.2) is 15.8 Å². The number of aromatic nitrogens is 2. The van der Waals surface area contributed by atoms with E-state index >= 15 is 0 Å². The van der Waals surface area contributed by atoms with Crippen LogP contribution in [0.3, 0.4) is 0 Å². The zero-order chi connectivity index (χ0) is 22.4. The van der Waals surface area contributed by atoms with Crippen molar-refractivity contribution in [2.75, 3.05) is 19.8 Å². The minimum absolute atomic E-state index is 0.308. The highest BCUT2D eigenvalue weighted by Gasteiger charge is 2.09. The second kappa shape index (κ2) is 9.74. The molecule has 31 heavy (non-hydrogen) atoms. The molecule has 0 aliphatic carbocycles. The SMILES string of the molecule is CN=C(NCCc1ccc(S(C)(=O)=O)cc1)NCc1ccc(-n2ccnc2C)c(F)c1. The Balaban J connectivity index is 1.51. The van der Waals surface area contributed by atoms with Gasteiger partial charge >= 0.3 is 0 Å². The van der Waals surface area contributed by atoms with Crippen molar-refractivity contribution in [3.05, 3.63) is 77.6 Å². The molecule has 3 rings (SSSR count). The molecular weight excluding hydrogens is 417 g/mol. The predicted octanol–water partition coefficient (Wildman–Crippen LogP) is 2.63. The van der Waals surface area contributed by atoms with Crippen LogP contribution in [0, 0.1) is 12.7 Å². The summed E-state index contributed by atoms with van der Waals surface area (Å²) < 4.78 is 39.3. The van der Waals surface area contributed by atoms with Gasteiger partial charge in [0.05, 0.1) is 10.6 Å². The number of rotatable bonds is 7. The highest BCUT2D eigenvalue weighted by atomic mass is 32.2. The maximum Gasteiger partial charge on any atom is 0.191 e. The first-order valence-electron chi connectivity index (χ1n) is 9.80. The Morgan fingerprint density at radius 3 is 2.42 bits per heavy atom. The molecule has 2 N–H and O–H groups in total. The van der Waals surface area contributed by atoms with Gasteiger partial charge in [-0.3, -0.25) is 4.99 Å². The first kappa shape index (κ1) is 22.5. The molecule has 1 aromatic heterocycles. The summed E-state index contributed by atoms with van der Waals surface area (Å²) in [5, 5.41) is 6.37. The number of benzene rings is 2. The van der Waals surface area contributed by atoms with Crippen molar-refractivity contribution in [3.63, 3.8) is 0 Å². The van der Waals surface area contributed by atoms with Crippen molar-refractivity contribution in [1.29, 1.82) is 0 Å². The average Bonchev–Trinajstić information content (AvgIpc) is 3.16. The van der Waals surface area contributed by atoms with E-state index in [2.05, 4.69) is 20.6 Å². The molecule has 9 heteroatoms. The van der Waals surface area contributed by atoms with Crippen LogP contribution in [-0.2, 0) is 22.8 Å². The van der Waals surface area contributed by atoms with Gasteiger partial charge in [-0.15, -0.1) is 0 Å². The van der Waals surface area contributed by atoms with Crippen LogP contribution in [0.15, 0.2) is 64.7 Å². The number of nitrogens with zero attached hydrogens (tertiary/aromatic N) is 3.